The van der Waals surface area contributed by atoms with Gasteiger partial charge in [0.2, 0.25) is 15.8 Å². The van der Waals surface area contributed by atoms with Gasteiger partial charge in [0, 0.05) is 6.07 Å². The van der Waals surface area contributed by atoms with E-state index in [1.165, 1.54) is 7.05 Å². The summed E-state index contributed by atoms with van der Waals surface area (Å²) in [6.07, 6.45) is 0. The van der Waals surface area contributed by atoms with Gasteiger partial charge in [-0.2, -0.15) is 4.80 Å². The van der Waals surface area contributed by atoms with Crippen LogP contribution < -0.4 is 9.88 Å². The van der Waals surface area contributed by atoms with Gasteiger partial charge in [-0.25, -0.2) is 22.3 Å². The van der Waals surface area contributed by atoms with E-state index in [0.717, 1.165) is 4.80 Å². The lowest BCUT2D eigenvalue weighted by Gasteiger charge is -2.09. The molecule has 1 aromatic carbocycles. The summed E-state index contributed by atoms with van der Waals surface area (Å²) in [6.45, 7) is -0.348. The molecule has 0 fully saturated rings. The van der Waals surface area contributed by atoms with E-state index in [2.05, 4.69) is 15.4 Å². The molecule has 2 N–H and O–H groups in total. The molecule has 0 amide bonds. The van der Waals surface area contributed by atoms with Crippen LogP contribution in [0, 0.1) is 11.6 Å². The minimum atomic E-state index is -4.34. The standard InChI is InChI=1S/C9H9F2N5O3S/c1-16-14-8(13-15-16)4-19-9-6(11)2-5(10)3-7(9)20(12,17)18/h2-3H,4H2,1H3,(H2,12,17,18). The molecule has 1 heterocycles. The number of primary sulfonamides is 1. The first-order valence-electron chi connectivity index (χ1n) is 5.15. The van der Waals surface area contributed by atoms with Gasteiger partial charge in [0.25, 0.3) is 0 Å². The van der Waals surface area contributed by atoms with Crippen LogP contribution in [0.5, 0.6) is 5.75 Å². The predicted octanol–water partition coefficient (Wildman–Crippen LogP) is -0.285. The third-order valence-electron chi connectivity index (χ3n) is 2.18. The second kappa shape index (κ2) is 5.09. The fourth-order valence-corrected chi connectivity index (χ4v) is 2.10. The fraction of sp³-hybridized carbons (Fsp3) is 0.222. The van der Waals surface area contributed by atoms with Gasteiger partial charge in [0.15, 0.2) is 18.2 Å². The van der Waals surface area contributed by atoms with E-state index in [1.807, 2.05) is 0 Å². The van der Waals surface area contributed by atoms with Crippen molar-refractivity contribution in [1.29, 1.82) is 0 Å². The molecule has 0 spiro atoms. The molecular weight excluding hydrogens is 296 g/mol. The van der Waals surface area contributed by atoms with Crippen molar-refractivity contribution < 1.29 is 21.9 Å². The molecule has 0 radical (unpaired) electrons. The van der Waals surface area contributed by atoms with Crippen molar-refractivity contribution in [2.45, 2.75) is 11.5 Å². The zero-order valence-electron chi connectivity index (χ0n) is 10.1. The van der Waals surface area contributed by atoms with Crippen LogP contribution in [0.2, 0.25) is 0 Å². The molecule has 0 aliphatic heterocycles. The minimum absolute atomic E-state index is 0.0941. The van der Waals surface area contributed by atoms with Crippen molar-refractivity contribution in [2.75, 3.05) is 0 Å². The monoisotopic (exact) mass is 305 g/mol. The highest BCUT2D eigenvalue weighted by Crippen LogP contribution is 2.28. The van der Waals surface area contributed by atoms with Crippen molar-refractivity contribution in [3.8, 4) is 5.75 Å². The number of nitrogens with two attached hydrogens (primary N) is 1. The minimum Gasteiger partial charge on any atom is -0.481 e. The zero-order valence-corrected chi connectivity index (χ0v) is 10.9. The first kappa shape index (κ1) is 14.3. The average molecular weight is 305 g/mol. The lowest BCUT2D eigenvalue weighted by Crippen LogP contribution is -2.15. The van der Waals surface area contributed by atoms with Crippen molar-refractivity contribution in [1.82, 2.24) is 20.2 Å². The van der Waals surface area contributed by atoms with Crippen LogP contribution in [0.1, 0.15) is 5.82 Å². The average Bonchev–Trinajstić information content (AvgIpc) is 2.72. The quantitative estimate of drug-likeness (QED) is 0.830. The summed E-state index contributed by atoms with van der Waals surface area (Å²) in [5.41, 5.74) is 0. The van der Waals surface area contributed by atoms with Crippen molar-refractivity contribution in [3.63, 3.8) is 0 Å². The van der Waals surface area contributed by atoms with Crippen LogP contribution in [0.4, 0.5) is 8.78 Å². The second-order valence-electron chi connectivity index (χ2n) is 3.74. The van der Waals surface area contributed by atoms with Gasteiger partial charge < -0.3 is 4.74 Å². The van der Waals surface area contributed by atoms with Gasteiger partial charge in [-0.3, -0.25) is 0 Å². The topological polar surface area (TPSA) is 113 Å². The smallest absolute Gasteiger partial charge is 0.241 e. The van der Waals surface area contributed by atoms with Gasteiger partial charge in [-0.05, 0) is 11.3 Å². The molecule has 20 heavy (non-hydrogen) atoms. The number of aromatic nitrogens is 4. The van der Waals surface area contributed by atoms with Crippen LogP contribution in [0.25, 0.3) is 0 Å². The Labute approximate surface area is 112 Å². The van der Waals surface area contributed by atoms with Crippen LogP contribution in [-0.2, 0) is 23.7 Å². The first-order valence-corrected chi connectivity index (χ1v) is 6.69. The largest absolute Gasteiger partial charge is 0.481 e. The number of benzene rings is 1. The number of hydrogen-bond donors (Lipinski definition) is 1. The molecule has 11 heteroatoms. The lowest BCUT2D eigenvalue weighted by molar-refractivity contribution is 0.271. The van der Waals surface area contributed by atoms with E-state index in [-0.39, 0.29) is 12.4 Å². The van der Waals surface area contributed by atoms with E-state index in [9.17, 15) is 17.2 Å². The van der Waals surface area contributed by atoms with Gasteiger partial charge in [-0.15, -0.1) is 10.2 Å². The normalized spacial score (nSPS) is 11.6. The molecule has 108 valence electrons. The fourth-order valence-electron chi connectivity index (χ4n) is 1.41. The van der Waals surface area contributed by atoms with Crippen LogP contribution in [0.15, 0.2) is 17.0 Å². The van der Waals surface area contributed by atoms with Gasteiger partial charge in [0.1, 0.15) is 10.7 Å². The number of halogens is 2. The summed E-state index contributed by atoms with van der Waals surface area (Å²) in [5, 5.41) is 15.7. The summed E-state index contributed by atoms with van der Waals surface area (Å²) in [5.74, 6) is -2.88. The first-order chi connectivity index (χ1) is 9.27. The molecule has 2 rings (SSSR count). The zero-order chi connectivity index (χ0) is 14.9. The molecular formula is C9H9F2N5O3S. The van der Waals surface area contributed by atoms with Crippen LogP contribution in [0.3, 0.4) is 0 Å². The van der Waals surface area contributed by atoms with E-state index < -0.39 is 32.3 Å². The van der Waals surface area contributed by atoms with E-state index >= 15 is 0 Å². The van der Waals surface area contributed by atoms with E-state index in [4.69, 9.17) is 9.88 Å². The third-order valence-corrected chi connectivity index (χ3v) is 3.09. The molecule has 1 aromatic heterocycles. The Balaban J connectivity index is 2.35. The highest BCUT2D eigenvalue weighted by atomic mass is 32.2. The summed E-state index contributed by atoms with van der Waals surface area (Å²) in [4.78, 5) is 0.346. The van der Waals surface area contributed by atoms with Crippen molar-refractivity contribution in [3.05, 3.63) is 29.6 Å². The number of tetrazole rings is 1. The highest BCUT2D eigenvalue weighted by Gasteiger charge is 2.21. The Morgan fingerprint density at radius 3 is 2.65 bits per heavy atom. The maximum absolute atomic E-state index is 13.6. The van der Waals surface area contributed by atoms with Gasteiger partial charge in [0.05, 0.1) is 7.05 Å². The van der Waals surface area contributed by atoms with Crippen molar-refractivity contribution >= 4 is 10.0 Å². The highest BCUT2D eigenvalue weighted by molar-refractivity contribution is 7.89. The van der Waals surface area contributed by atoms with Crippen molar-refractivity contribution in [2.24, 2.45) is 12.2 Å². The maximum Gasteiger partial charge on any atom is 0.241 e. The Bertz CT molecular complexity index is 746. The number of rotatable bonds is 4. The maximum atomic E-state index is 13.6. The molecule has 0 aliphatic rings. The number of ether oxygens (including phenoxy) is 1. The number of hydrogen-bond acceptors (Lipinski definition) is 6. The van der Waals surface area contributed by atoms with Gasteiger partial charge in [-0.1, -0.05) is 0 Å². The third kappa shape index (κ3) is 3.05. The van der Waals surface area contributed by atoms with Gasteiger partial charge >= 0.3 is 0 Å². The summed E-state index contributed by atoms with van der Waals surface area (Å²) < 4.78 is 54.2. The molecule has 0 atom stereocenters. The molecule has 2 aromatic rings. The van der Waals surface area contributed by atoms with Crippen LogP contribution >= 0.6 is 0 Å². The lowest BCUT2D eigenvalue weighted by atomic mass is 10.3. The Hall–Kier alpha value is -2.14. The second-order valence-corrected chi connectivity index (χ2v) is 5.27. The summed E-state index contributed by atoms with van der Waals surface area (Å²) in [6, 6.07) is 1.05. The predicted molar refractivity (Wildman–Crippen MR) is 60.9 cm³/mol. The Morgan fingerprint density at radius 1 is 1.40 bits per heavy atom. The van der Waals surface area contributed by atoms with Crippen LogP contribution in [-0.4, -0.2) is 28.6 Å². The molecule has 8 nitrogen and oxygen atoms in total. The Morgan fingerprint density at radius 2 is 2.10 bits per heavy atom. The number of sulfonamides is 1. The summed E-state index contributed by atoms with van der Waals surface area (Å²) in [7, 11) is -2.84. The molecule has 0 unspecified atom stereocenters. The van der Waals surface area contributed by atoms with E-state index in [0.29, 0.717) is 12.1 Å². The molecule has 0 bridgehead atoms. The SMILES string of the molecule is Cn1nnc(COc2c(F)cc(F)cc2S(N)(=O)=O)n1. The Kier molecular flexibility index (Phi) is 3.63. The molecule has 0 saturated carbocycles. The molecule has 0 saturated heterocycles. The summed E-state index contributed by atoms with van der Waals surface area (Å²) >= 11 is 0. The number of aryl methyl sites for hydroxylation is 1. The van der Waals surface area contributed by atoms with E-state index in [1.54, 1.807) is 0 Å². The molecule has 0 aliphatic carbocycles. The number of nitrogens with zero attached hydrogens (tertiary/aromatic N) is 4.